The van der Waals surface area contributed by atoms with Crippen LogP contribution in [0.25, 0.3) is 21.8 Å². The highest BCUT2D eigenvalue weighted by molar-refractivity contribution is 6.08. The van der Waals surface area contributed by atoms with Gasteiger partial charge in [0, 0.05) is 48.4 Å². The van der Waals surface area contributed by atoms with E-state index in [1.165, 1.54) is 0 Å². The van der Waals surface area contributed by atoms with Crippen molar-refractivity contribution in [2.24, 2.45) is 0 Å². The number of hydrogen-bond acceptors (Lipinski definition) is 3. The molecule has 0 aliphatic heterocycles. The maximum absolute atomic E-state index is 11.8. The van der Waals surface area contributed by atoms with Crippen LogP contribution in [0.3, 0.4) is 0 Å². The highest BCUT2D eigenvalue weighted by Crippen LogP contribution is 2.29. The Morgan fingerprint density at radius 2 is 2.05 bits per heavy atom. The van der Waals surface area contributed by atoms with Crippen molar-refractivity contribution in [2.45, 2.75) is 13.5 Å². The number of aryl methyl sites for hydroxylation is 1. The highest BCUT2D eigenvalue weighted by atomic mass is 16.3. The van der Waals surface area contributed by atoms with Gasteiger partial charge in [-0.25, -0.2) is 0 Å². The Morgan fingerprint density at radius 3 is 2.82 bits per heavy atom. The molecule has 5 heteroatoms. The SMILES string of the molecule is Cc1[nH]ccc2c3ccc(=O)cc3n(CCN(C)CCO)c12. The maximum Gasteiger partial charge on any atom is 0.180 e. The second-order valence-corrected chi connectivity index (χ2v) is 5.72. The Kier molecular flexibility index (Phi) is 4.00. The molecule has 2 N–H and O–H groups in total. The van der Waals surface area contributed by atoms with Gasteiger partial charge in [-0.1, -0.05) is 0 Å². The summed E-state index contributed by atoms with van der Waals surface area (Å²) in [5, 5.41) is 11.3. The van der Waals surface area contributed by atoms with Gasteiger partial charge in [-0.15, -0.1) is 0 Å². The number of hydrogen-bond donors (Lipinski definition) is 2. The van der Waals surface area contributed by atoms with E-state index in [1.807, 2.05) is 26.2 Å². The third kappa shape index (κ3) is 2.53. The van der Waals surface area contributed by atoms with Crippen LogP contribution in [0.4, 0.5) is 0 Å². The van der Waals surface area contributed by atoms with E-state index in [4.69, 9.17) is 5.11 Å². The molecule has 116 valence electrons. The summed E-state index contributed by atoms with van der Waals surface area (Å²) < 4.78 is 2.20. The molecule has 0 aliphatic carbocycles. The first-order valence-corrected chi connectivity index (χ1v) is 7.51. The number of benzene rings is 1. The first-order chi connectivity index (χ1) is 10.6. The number of likely N-dealkylation sites (N-methyl/N-ethyl adjacent to an activating group) is 1. The fraction of sp³-hybridized carbons (Fsp3) is 0.353. The number of nitrogens with one attached hydrogen (secondary N) is 1. The Labute approximate surface area is 128 Å². The molecule has 0 aliphatic rings. The van der Waals surface area contributed by atoms with E-state index in [9.17, 15) is 4.79 Å². The van der Waals surface area contributed by atoms with E-state index in [1.54, 1.807) is 12.1 Å². The average molecular weight is 299 g/mol. The third-order valence-corrected chi connectivity index (χ3v) is 4.17. The fourth-order valence-corrected chi connectivity index (χ4v) is 3.03. The van der Waals surface area contributed by atoms with Crippen LogP contribution in [0.5, 0.6) is 0 Å². The van der Waals surface area contributed by atoms with E-state index in [0.29, 0.717) is 6.54 Å². The summed E-state index contributed by atoms with van der Waals surface area (Å²) in [6.45, 7) is 4.44. The van der Waals surface area contributed by atoms with E-state index in [2.05, 4.69) is 20.5 Å². The lowest BCUT2D eigenvalue weighted by molar-refractivity contribution is 0.218. The van der Waals surface area contributed by atoms with Crippen molar-refractivity contribution in [3.05, 3.63) is 46.4 Å². The first kappa shape index (κ1) is 14.8. The highest BCUT2D eigenvalue weighted by Gasteiger charge is 2.13. The number of fused-ring (bicyclic) bond motifs is 3. The van der Waals surface area contributed by atoms with Crippen molar-refractivity contribution in [1.82, 2.24) is 14.5 Å². The number of H-pyrrole nitrogens is 1. The lowest BCUT2D eigenvalue weighted by Crippen LogP contribution is -2.26. The Bertz CT molecular complexity index is 863. The Morgan fingerprint density at radius 1 is 1.23 bits per heavy atom. The summed E-state index contributed by atoms with van der Waals surface area (Å²) in [5.74, 6) is 0. The van der Waals surface area contributed by atoms with Gasteiger partial charge in [-0.05, 0) is 32.2 Å². The fourth-order valence-electron chi connectivity index (χ4n) is 3.03. The molecule has 22 heavy (non-hydrogen) atoms. The maximum atomic E-state index is 11.8. The largest absolute Gasteiger partial charge is 0.395 e. The van der Waals surface area contributed by atoms with Gasteiger partial charge in [0.05, 0.1) is 17.6 Å². The molecule has 0 atom stereocenters. The lowest BCUT2D eigenvalue weighted by atomic mass is 10.2. The average Bonchev–Trinajstić information content (AvgIpc) is 2.80. The van der Waals surface area contributed by atoms with E-state index < -0.39 is 0 Å². The molecule has 0 unspecified atom stereocenters. The molecule has 0 saturated heterocycles. The quantitative estimate of drug-likeness (QED) is 0.754. The van der Waals surface area contributed by atoms with Gasteiger partial charge in [0.1, 0.15) is 0 Å². The number of aromatic amines is 1. The van der Waals surface area contributed by atoms with Gasteiger partial charge in [-0.2, -0.15) is 0 Å². The van der Waals surface area contributed by atoms with Gasteiger partial charge >= 0.3 is 0 Å². The first-order valence-electron chi connectivity index (χ1n) is 7.51. The summed E-state index contributed by atoms with van der Waals surface area (Å²) in [7, 11) is 1.99. The number of rotatable bonds is 5. The molecule has 0 bridgehead atoms. The van der Waals surface area contributed by atoms with Gasteiger partial charge in [0.25, 0.3) is 0 Å². The zero-order valence-electron chi connectivity index (χ0n) is 13.0. The van der Waals surface area contributed by atoms with Crippen LogP contribution >= 0.6 is 0 Å². The van der Waals surface area contributed by atoms with E-state index >= 15 is 0 Å². The molecule has 2 heterocycles. The second kappa shape index (κ2) is 5.94. The van der Waals surface area contributed by atoms with Crippen molar-refractivity contribution >= 4 is 21.8 Å². The predicted octanol–water partition coefficient (Wildman–Crippen LogP) is 1.72. The topological polar surface area (TPSA) is 61.3 Å². The van der Waals surface area contributed by atoms with E-state index in [0.717, 1.165) is 40.6 Å². The summed E-state index contributed by atoms with van der Waals surface area (Å²) in [6, 6.07) is 7.30. The molecule has 3 rings (SSSR count). The lowest BCUT2D eigenvalue weighted by Gasteiger charge is -2.17. The zero-order valence-corrected chi connectivity index (χ0v) is 13.0. The normalized spacial score (nSPS) is 11.8. The summed E-state index contributed by atoms with van der Waals surface area (Å²) in [4.78, 5) is 17.1. The number of aromatic nitrogens is 2. The second-order valence-electron chi connectivity index (χ2n) is 5.72. The van der Waals surface area contributed by atoms with Crippen LogP contribution in [0, 0.1) is 6.92 Å². The molecular weight excluding hydrogens is 278 g/mol. The van der Waals surface area contributed by atoms with Crippen molar-refractivity contribution in [3.63, 3.8) is 0 Å². The van der Waals surface area contributed by atoms with Crippen molar-refractivity contribution in [2.75, 3.05) is 26.7 Å². The van der Waals surface area contributed by atoms with Crippen molar-refractivity contribution in [3.8, 4) is 0 Å². The minimum Gasteiger partial charge on any atom is -0.395 e. The molecule has 0 amide bonds. The monoisotopic (exact) mass is 299 g/mol. The van der Waals surface area contributed by atoms with Crippen molar-refractivity contribution in [1.29, 1.82) is 0 Å². The molecule has 0 spiro atoms. The molecular formula is C17H21N3O2. The molecule has 0 saturated carbocycles. The minimum atomic E-state index is 0.0295. The zero-order chi connectivity index (χ0) is 15.7. The summed E-state index contributed by atoms with van der Waals surface area (Å²) in [6.07, 6.45) is 1.93. The molecule has 0 radical (unpaired) electrons. The van der Waals surface area contributed by atoms with Crippen LogP contribution in [0.2, 0.25) is 0 Å². The van der Waals surface area contributed by atoms with Crippen LogP contribution in [0.15, 0.2) is 35.3 Å². The predicted molar refractivity (Wildman–Crippen MR) is 89.4 cm³/mol. The Hall–Kier alpha value is -2.11. The van der Waals surface area contributed by atoms with Gasteiger partial charge in [0.15, 0.2) is 5.43 Å². The number of aliphatic hydroxyl groups is 1. The van der Waals surface area contributed by atoms with Crippen LogP contribution < -0.4 is 5.43 Å². The molecule has 5 nitrogen and oxygen atoms in total. The molecule has 3 aromatic rings. The van der Waals surface area contributed by atoms with Crippen LogP contribution in [-0.4, -0.2) is 46.3 Å². The minimum absolute atomic E-state index is 0.0295. The van der Waals surface area contributed by atoms with Crippen molar-refractivity contribution < 1.29 is 5.11 Å². The molecule has 1 aromatic carbocycles. The Balaban J connectivity index is 2.16. The number of pyridine rings is 1. The van der Waals surface area contributed by atoms with Crippen LogP contribution in [-0.2, 0) is 6.54 Å². The van der Waals surface area contributed by atoms with Gasteiger partial charge in [-0.3, -0.25) is 4.79 Å². The van der Waals surface area contributed by atoms with Gasteiger partial charge in [0.2, 0.25) is 0 Å². The van der Waals surface area contributed by atoms with E-state index in [-0.39, 0.29) is 12.0 Å². The summed E-state index contributed by atoms with van der Waals surface area (Å²) in [5.41, 5.74) is 3.23. The smallest absolute Gasteiger partial charge is 0.180 e. The van der Waals surface area contributed by atoms with Gasteiger partial charge < -0.3 is 19.6 Å². The molecule has 2 aromatic heterocycles. The summed E-state index contributed by atoms with van der Waals surface area (Å²) >= 11 is 0. The van der Waals surface area contributed by atoms with Crippen LogP contribution in [0.1, 0.15) is 5.69 Å². The number of aliphatic hydroxyl groups excluding tert-OH is 1. The molecule has 0 fully saturated rings. The standard InChI is InChI=1S/C17H21N3O2/c1-12-17-15(5-6-18-12)14-4-3-13(22)11-16(14)20(17)8-7-19(2)9-10-21/h3-6,11,18,21H,7-10H2,1-2H3. The number of nitrogens with zero attached hydrogens (tertiary/aromatic N) is 2. The third-order valence-electron chi connectivity index (χ3n) is 4.17.